The number of hydrogen-bond acceptors (Lipinski definition) is 6. The molecule has 8 nitrogen and oxygen atoms in total. The van der Waals surface area contributed by atoms with Gasteiger partial charge in [0.25, 0.3) is 0 Å². The minimum Gasteiger partial charge on any atom is -0.497 e. The van der Waals surface area contributed by atoms with E-state index in [1.165, 1.54) is 0 Å². The second-order valence-corrected chi connectivity index (χ2v) is 6.30. The van der Waals surface area contributed by atoms with Crippen LogP contribution in [0.3, 0.4) is 0 Å². The molecule has 1 atom stereocenters. The molecule has 0 aliphatic carbocycles. The predicted octanol–water partition coefficient (Wildman–Crippen LogP) is 2.09. The van der Waals surface area contributed by atoms with Gasteiger partial charge in [-0.1, -0.05) is 0 Å². The van der Waals surface area contributed by atoms with Gasteiger partial charge in [-0.3, -0.25) is 0 Å². The molecule has 144 valence electrons. The Bertz CT molecular complexity index is 763. The van der Waals surface area contributed by atoms with Crippen molar-refractivity contribution in [3.05, 3.63) is 42.2 Å². The molecule has 1 saturated heterocycles. The van der Waals surface area contributed by atoms with Crippen LogP contribution in [0.5, 0.6) is 11.5 Å². The van der Waals surface area contributed by atoms with Gasteiger partial charge >= 0.3 is 6.03 Å². The molecule has 1 aliphatic rings. The molecular formula is C19H25N5O3. The van der Waals surface area contributed by atoms with E-state index in [0.717, 1.165) is 5.56 Å². The number of amides is 2. The number of anilines is 1. The highest BCUT2D eigenvalue weighted by Crippen LogP contribution is 2.29. The number of piperazine rings is 1. The van der Waals surface area contributed by atoms with Crippen LogP contribution in [0.25, 0.3) is 0 Å². The SMILES string of the molecule is COc1ccc([C@@H](C)NC(=O)N2CCN(c3ncccn3)CC2)c(OC)c1. The van der Waals surface area contributed by atoms with Gasteiger partial charge in [-0.05, 0) is 25.1 Å². The van der Waals surface area contributed by atoms with E-state index < -0.39 is 0 Å². The van der Waals surface area contributed by atoms with Gasteiger partial charge in [-0.2, -0.15) is 0 Å². The Kier molecular flexibility index (Phi) is 5.95. The lowest BCUT2D eigenvalue weighted by Gasteiger charge is -2.35. The monoisotopic (exact) mass is 371 g/mol. The summed E-state index contributed by atoms with van der Waals surface area (Å²) in [5, 5.41) is 3.05. The minimum absolute atomic E-state index is 0.0889. The second-order valence-electron chi connectivity index (χ2n) is 6.30. The van der Waals surface area contributed by atoms with Crippen LogP contribution >= 0.6 is 0 Å². The molecule has 0 spiro atoms. The first-order valence-corrected chi connectivity index (χ1v) is 8.91. The Morgan fingerprint density at radius 3 is 2.44 bits per heavy atom. The molecule has 8 heteroatoms. The topological polar surface area (TPSA) is 79.8 Å². The number of aromatic nitrogens is 2. The summed E-state index contributed by atoms with van der Waals surface area (Å²) in [6.45, 7) is 4.60. The van der Waals surface area contributed by atoms with Crippen molar-refractivity contribution in [3.8, 4) is 11.5 Å². The summed E-state index contributed by atoms with van der Waals surface area (Å²) < 4.78 is 10.7. The largest absolute Gasteiger partial charge is 0.497 e. The normalized spacial score (nSPS) is 15.2. The van der Waals surface area contributed by atoms with E-state index in [0.29, 0.717) is 43.6 Å². The highest BCUT2D eigenvalue weighted by molar-refractivity contribution is 5.75. The fourth-order valence-corrected chi connectivity index (χ4v) is 3.09. The Hall–Kier alpha value is -3.03. The molecule has 1 fully saturated rings. The van der Waals surface area contributed by atoms with E-state index in [9.17, 15) is 4.79 Å². The van der Waals surface area contributed by atoms with Gasteiger partial charge in [0.2, 0.25) is 5.95 Å². The first-order chi connectivity index (χ1) is 13.1. The van der Waals surface area contributed by atoms with E-state index >= 15 is 0 Å². The highest BCUT2D eigenvalue weighted by Gasteiger charge is 2.24. The van der Waals surface area contributed by atoms with E-state index in [1.54, 1.807) is 32.7 Å². The first kappa shape index (κ1) is 18.8. The van der Waals surface area contributed by atoms with Crippen LogP contribution in [0, 0.1) is 0 Å². The van der Waals surface area contributed by atoms with Crippen molar-refractivity contribution in [3.63, 3.8) is 0 Å². The quantitative estimate of drug-likeness (QED) is 0.867. The number of hydrogen-bond donors (Lipinski definition) is 1. The molecular weight excluding hydrogens is 346 g/mol. The third-order valence-corrected chi connectivity index (χ3v) is 4.65. The smallest absolute Gasteiger partial charge is 0.317 e. The molecule has 1 aromatic heterocycles. The van der Waals surface area contributed by atoms with E-state index in [4.69, 9.17) is 9.47 Å². The zero-order valence-electron chi connectivity index (χ0n) is 15.9. The van der Waals surface area contributed by atoms with Crippen molar-refractivity contribution in [2.75, 3.05) is 45.3 Å². The van der Waals surface area contributed by atoms with Gasteiger partial charge in [0.15, 0.2) is 0 Å². The molecule has 27 heavy (non-hydrogen) atoms. The van der Waals surface area contributed by atoms with Crippen LogP contribution < -0.4 is 19.7 Å². The molecule has 1 aliphatic heterocycles. The van der Waals surface area contributed by atoms with Crippen molar-refractivity contribution >= 4 is 12.0 Å². The van der Waals surface area contributed by atoms with Crippen molar-refractivity contribution in [1.29, 1.82) is 0 Å². The molecule has 0 bridgehead atoms. The van der Waals surface area contributed by atoms with Crippen LogP contribution in [0.4, 0.5) is 10.7 Å². The van der Waals surface area contributed by atoms with Gasteiger partial charge in [0.05, 0.1) is 20.3 Å². The molecule has 0 unspecified atom stereocenters. The number of nitrogens with one attached hydrogen (secondary N) is 1. The molecule has 1 aromatic carbocycles. The number of rotatable bonds is 5. The number of ether oxygens (including phenoxy) is 2. The van der Waals surface area contributed by atoms with Crippen molar-refractivity contribution in [2.45, 2.75) is 13.0 Å². The van der Waals surface area contributed by atoms with E-state index in [1.807, 2.05) is 30.0 Å². The summed E-state index contributed by atoms with van der Waals surface area (Å²) in [5.41, 5.74) is 0.906. The number of urea groups is 1. The van der Waals surface area contributed by atoms with Crippen LogP contribution in [0.2, 0.25) is 0 Å². The van der Waals surface area contributed by atoms with Crippen LogP contribution in [-0.2, 0) is 0 Å². The maximum atomic E-state index is 12.6. The average molecular weight is 371 g/mol. The fourth-order valence-electron chi connectivity index (χ4n) is 3.09. The first-order valence-electron chi connectivity index (χ1n) is 8.91. The average Bonchev–Trinajstić information content (AvgIpc) is 2.73. The Balaban J connectivity index is 1.58. The Morgan fingerprint density at radius 2 is 1.81 bits per heavy atom. The molecule has 3 rings (SSSR count). The second kappa shape index (κ2) is 8.57. The maximum Gasteiger partial charge on any atom is 0.317 e. The van der Waals surface area contributed by atoms with Crippen molar-refractivity contribution in [1.82, 2.24) is 20.2 Å². The lowest BCUT2D eigenvalue weighted by molar-refractivity contribution is 0.190. The number of methoxy groups -OCH3 is 2. The van der Waals surface area contributed by atoms with Crippen molar-refractivity contribution < 1.29 is 14.3 Å². The highest BCUT2D eigenvalue weighted by atomic mass is 16.5. The van der Waals surface area contributed by atoms with Gasteiger partial charge in [0.1, 0.15) is 11.5 Å². The third-order valence-electron chi connectivity index (χ3n) is 4.65. The fraction of sp³-hybridized carbons (Fsp3) is 0.421. The zero-order valence-corrected chi connectivity index (χ0v) is 15.9. The zero-order chi connectivity index (χ0) is 19.2. The third kappa shape index (κ3) is 4.39. The van der Waals surface area contributed by atoms with Gasteiger partial charge in [-0.25, -0.2) is 14.8 Å². The van der Waals surface area contributed by atoms with E-state index in [2.05, 4.69) is 20.2 Å². The van der Waals surface area contributed by atoms with Crippen LogP contribution in [-0.4, -0.2) is 61.3 Å². The number of benzene rings is 1. The number of nitrogens with zero attached hydrogens (tertiary/aromatic N) is 4. The number of carbonyl (C=O) groups is 1. The Morgan fingerprint density at radius 1 is 1.11 bits per heavy atom. The van der Waals surface area contributed by atoms with E-state index in [-0.39, 0.29) is 12.1 Å². The minimum atomic E-state index is -0.186. The lowest BCUT2D eigenvalue weighted by atomic mass is 10.1. The van der Waals surface area contributed by atoms with Crippen molar-refractivity contribution in [2.24, 2.45) is 0 Å². The van der Waals surface area contributed by atoms with Crippen LogP contribution in [0.1, 0.15) is 18.5 Å². The molecule has 2 heterocycles. The van der Waals surface area contributed by atoms with Crippen LogP contribution in [0.15, 0.2) is 36.7 Å². The maximum absolute atomic E-state index is 12.6. The summed E-state index contributed by atoms with van der Waals surface area (Å²) >= 11 is 0. The summed E-state index contributed by atoms with van der Waals surface area (Å²) in [5.74, 6) is 2.11. The predicted molar refractivity (Wildman–Crippen MR) is 102 cm³/mol. The van der Waals surface area contributed by atoms with Gasteiger partial charge in [0, 0.05) is 50.2 Å². The summed E-state index contributed by atoms with van der Waals surface area (Å²) in [6, 6.07) is 7.10. The summed E-state index contributed by atoms with van der Waals surface area (Å²) in [6.07, 6.45) is 3.46. The van der Waals surface area contributed by atoms with Gasteiger partial charge in [-0.15, -0.1) is 0 Å². The molecule has 2 amide bonds. The number of carbonyl (C=O) groups excluding carboxylic acids is 1. The molecule has 1 N–H and O–H groups in total. The molecule has 0 saturated carbocycles. The standard InChI is InChI=1S/C19H25N5O3/c1-14(16-6-5-15(26-2)13-17(16)27-3)22-19(25)24-11-9-23(10-12-24)18-20-7-4-8-21-18/h4-8,13-14H,9-12H2,1-3H3,(H,22,25)/t14-/m1/s1. The molecule has 0 radical (unpaired) electrons. The summed E-state index contributed by atoms with van der Waals surface area (Å²) in [7, 11) is 3.22. The van der Waals surface area contributed by atoms with Gasteiger partial charge < -0.3 is 24.6 Å². The molecule has 2 aromatic rings. The Labute approximate surface area is 159 Å². The lowest BCUT2D eigenvalue weighted by Crippen LogP contribution is -2.52. The summed E-state index contributed by atoms with van der Waals surface area (Å²) in [4.78, 5) is 25.1.